The molecule has 10 aromatic rings. The second-order valence-electron chi connectivity index (χ2n) is 19.3. The molecule has 0 unspecified atom stereocenters. The minimum Gasteiger partial charge on any atom is -0.310 e. The maximum Gasteiger partial charge on any atom is 0.0726 e. The highest BCUT2D eigenvalue weighted by atomic mass is 15.1. The molecular formula is C59H48N2. The van der Waals surface area contributed by atoms with Crippen molar-refractivity contribution in [1.82, 2.24) is 4.57 Å². The van der Waals surface area contributed by atoms with Gasteiger partial charge < -0.3 is 9.47 Å². The van der Waals surface area contributed by atoms with Gasteiger partial charge in [0, 0.05) is 32.9 Å². The average Bonchev–Trinajstić information content (AvgIpc) is 3.76. The van der Waals surface area contributed by atoms with E-state index in [4.69, 9.17) is 0 Å². The van der Waals surface area contributed by atoms with Gasteiger partial charge in [0.15, 0.2) is 0 Å². The molecule has 1 aromatic heterocycles. The predicted octanol–water partition coefficient (Wildman–Crippen LogP) is 15.8. The van der Waals surface area contributed by atoms with E-state index in [1.807, 2.05) is 0 Å². The van der Waals surface area contributed by atoms with Crippen molar-refractivity contribution in [3.05, 3.63) is 215 Å². The van der Waals surface area contributed by atoms with E-state index in [1.165, 1.54) is 93.5 Å². The van der Waals surface area contributed by atoms with Crippen LogP contribution in [0.2, 0.25) is 0 Å². The van der Waals surface area contributed by atoms with Crippen molar-refractivity contribution in [3.8, 4) is 16.8 Å². The topological polar surface area (TPSA) is 8.17 Å². The van der Waals surface area contributed by atoms with Gasteiger partial charge in [-0.05, 0) is 109 Å². The Morgan fingerprint density at radius 1 is 0.410 bits per heavy atom. The molecule has 2 aliphatic carbocycles. The summed E-state index contributed by atoms with van der Waals surface area (Å²) < 4.78 is 2.57. The third-order valence-corrected chi connectivity index (χ3v) is 13.8. The van der Waals surface area contributed by atoms with Crippen molar-refractivity contribution in [3.63, 3.8) is 0 Å². The number of fused-ring (bicyclic) bond motifs is 8. The van der Waals surface area contributed by atoms with Gasteiger partial charge in [0.1, 0.15) is 0 Å². The Morgan fingerprint density at radius 2 is 0.934 bits per heavy atom. The lowest BCUT2D eigenvalue weighted by Crippen LogP contribution is -2.31. The molecule has 0 aliphatic heterocycles. The molecule has 2 heteroatoms. The summed E-state index contributed by atoms with van der Waals surface area (Å²) >= 11 is 0. The molecule has 12 rings (SSSR count). The Bertz CT molecular complexity index is 3320. The van der Waals surface area contributed by atoms with Crippen molar-refractivity contribution in [2.24, 2.45) is 0 Å². The van der Waals surface area contributed by atoms with E-state index in [-0.39, 0.29) is 10.8 Å². The first-order valence-corrected chi connectivity index (χ1v) is 21.8. The zero-order valence-corrected chi connectivity index (χ0v) is 35.7. The normalized spacial score (nSPS) is 13.9. The highest BCUT2D eigenvalue weighted by Crippen LogP contribution is 2.63. The monoisotopic (exact) mass is 784 g/mol. The third-order valence-electron chi connectivity index (χ3n) is 13.8. The quantitative estimate of drug-likeness (QED) is 0.173. The van der Waals surface area contributed by atoms with Crippen LogP contribution in [-0.4, -0.2) is 4.57 Å². The molecule has 0 bridgehead atoms. The summed E-state index contributed by atoms with van der Waals surface area (Å²) in [6.45, 7) is 14.0. The highest BCUT2D eigenvalue weighted by Gasteiger charge is 2.51. The zero-order valence-electron chi connectivity index (χ0n) is 35.7. The van der Waals surface area contributed by atoms with Gasteiger partial charge in [-0.1, -0.05) is 181 Å². The first-order chi connectivity index (χ1) is 29.5. The third kappa shape index (κ3) is 4.91. The van der Waals surface area contributed by atoms with Crippen molar-refractivity contribution in [2.75, 3.05) is 4.90 Å². The summed E-state index contributed by atoms with van der Waals surface area (Å²) in [6, 6.07) is 69.0. The minimum atomic E-state index is -0.551. The van der Waals surface area contributed by atoms with E-state index < -0.39 is 5.41 Å². The number of para-hydroxylation sites is 2. The number of nitrogens with zero attached hydrogens (tertiary/aromatic N) is 2. The van der Waals surface area contributed by atoms with Crippen molar-refractivity contribution < 1.29 is 0 Å². The highest BCUT2D eigenvalue weighted by molar-refractivity contribution is 6.29. The Hall–Kier alpha value is -6.90. The lowest BCUT2D eigenvalue weighted by molar-refractivity contribution is 0.589. The molecule has 294 valence electrons. The fourth-order valence-corrected chi connectivity index (χ4v) is 11.0. The molecule has 0 amide bonds. The van der Waals surface area contributed by atoms with Crippen LogP contribution in [-0.2, 0) is 16.2 Å². The standard InChI is InChI=1S/C59H48N2/c1-57(2,3)38-30-32-46-44(34-38)45-35-39(58(4,5)6)31-33-47(45)59(46)48-26-16-25-43-52(60(40-20-9-7-10-21-40)41-22-11-8-12-23-41)36-53-56(54(43)48)55-49(59)27-17-29-51(55)61(53)50-28-15-19-37-18-13-14-24-42(37)50/h7-36H,1-6H3. The van der Waals surface area contributed by atoms with Gasteiger partial charge >= 0.3 is 0 Å². The SMILES string of the molecule is CC(C)(C)c1ccc2c(c1)-c1cc(C(C)(C)C)ccc1C21c2cccc3c(N(c4ccccc4)c4ccccc4)cc4c(c23)c2c1cccc2n4-c1cccc2ccccc12. The molecular weight excluding hydrogens is 737 g/mol. The van der Waals surface area contributed by atoms with Gasteiger partial charge in [0.05, 0.1) is 27.8 Å². The van der Waals surface area contributed by atoms with E-state index >= 15 is 0 Å². The molecule has 2 nitrogen and oxygen atoms in total. The number of anilines is 3. The molecule has 1 spiro atoms. The first kappa shape index (κ1) is 36.0. The summed E-state index contributed by atoms with van der Waals surface area (Å²) in [6.07, 6.45) is 0. The van der Waals surface area contributed by atoms with Crippen LogP contribution in [0.1, 0.15) is 74.9 Å². The molecule has 61 heavy (non-hydrogen) atoms. The van der Waals surface area contributed by atoms with Crippen molar-refractivity contribution in [1.29, 1.82) is 0 Å². The van der Waals surface area contributed by atoms with Gasteiger partial charge in [0.25, 0.3) is 0 Å². The van der Waals surface area contributed by atoms with Crippen molar-refractivity contribution in [2.45, 2.75) is 57.8 Å². The van der Waals surface area contributed by atoms with Crippen LogP contribution in [0, 0.1) is 0 Å². The van der Waals surface area contributed by atoms with Crippen LogP contribution >= 0.6 is 0 Å². The number of rotatable bonds is 4. The zero-order chi connectivity index (χ0) is 41.4. The smallest absolute Gasteiger partial charge is 0.0726 e. The van der Waals surface area contributed by atoms with Crippen LogP contribution in [0.4, 0.5) is 17.1 Å². The van der Waals surface area contributed by atoms with Crippen LogP contribution in [0.25, 0.3) is 60.2 Å². The van der Waals surface area contributed by atoms with Gasteiger partial charge in [0.2, 0.25) is 0 Å². The largest absolute Gasteiger partial charge is 0.310 e. The van der Waals surface area contributed by atoms with Crippen LogP contribution in [0.15, 0.2) is 182 Å². The van der Waals surface area contributed by atoms with E-state index in [9.17, 15) is 0 Å². The molecule has 9 aromatic carbocycles. The van der Waals surface area contributed by atoms with E-state index in [2.05, 4.69) is 233 Å². The molecule has 0 saturated carbocycles. The molecule has 2 aliphatic rings. The number of aromatic nitrogens is 1. The Kier molecular flexibility index (Phi) is 7.41. The second-order valence-corrected chi connectivity index (χ2v) is 19.3. The number of hydrogen-bond donors (Lipinski definition) is 0. The van der Waals surface area contributed by atoms with Crippen LogP contribution in [0.3, 0.4) is 0 Å². The lowest BCUT2D eigenvalue weighted by atomic mass is 9.62. The summed E-state index contributed by atoms with van der Waals surface area (Å²) in [5.41, 5.74) is 17.4. The van der Waals surface area contributed by atoms with Gasteiger partial charge in [-0.3, -0.25) is 0 Å². The van der Waals surface area contributed by atoms with Gasteiger partial charge in [-0.25, -0.2) is 0 Å². The number of hydrogen-bond acceptors (Lipinski definition) is 1. The summed E-state index contributed by atoms with van der Waals surface area (Å²) in [7, 11) is 0. The second kappa shape index (κ2) is 12.6. The predicted molar refractivity (Wildman–Crippen MR) is 259 cm³/mol. The van der Waals surface area contributed by atoms with Gasteiger partial charge in [-0.15, -0.1) is 0 Å². The molecule has 0 N–H and O–H groups in total. The Morgan fingerprint density at radius 3 is 1.56 bits per heavy atom. The summed E-state index contributed by atoms with van der Waals surface area (Å²) in [5, 5.41) is 7.71. The van der Waals surface area contributed by atoms with Crippen LogP contribution < -0.4 is 4.90 Å². The average molecular weight is 785 g/mol. The Labute approximate surface area is 358 Å². The first-order valence-electron chi connectivity index (χ1n) is 21.8. The minimum absolute atomic E-state index is 0.000847. The fourth-order valence-electron chi connectivity index (χ4n) is 11.0. The lowest BCUT2D eigenvalue weighted by Gasteiger charge is -2.39. The Balaban J connectivity index is 1.31. The molecule has 0 radical (unpaired) electrons. The van der Waals surface area contributed by atoms with E-state index in [0.29, 0.717) is 0 Å². The molecule has 0 saturated heterocycles. The maximum absolute atomic E-state index is 2.57. The summed E-state index contributed by atoms with van der Waals surface area (Å²) in [5.74, 6) is 0. The molecule has 0 fully saturated rings. The van der Waals surface area contributed by atoms with E-state index in [1.54, 1.807) is 0 Å². The maximum atomic E-state index is 2.57. The number of benzene rings is 9. The van der Waals surface area contributed by atoms with Gasteiger partial charge in [-0.2, -0.15) is 0 Å². The van der Waals surface area contributed by atoms with E-state index in [0.717, 1.165) is 17.1 Å². The molecule has 0 atom stereocenters. The van der Waals surface area contributed by atoms with Crippen LogP contribution in [0.5, 0.6) is 0 Å². The fraction of sp³-hybridized carbons (Fsp3) is 0.153. The summed E-state index contributed by atoms with van der Waals surface area (Å²) in [4.78, 5) is 2.47. The van der Waals surface area contributed by atoms with Crippen molar-refractivity contribution >= 4 is 60.4 Å². The molecule has 1 heterocycles.